The monoisotopic (exact) mass is 335 g/mol. The van der Waals surface area contributed by atoms with Crippen molar-refractivity contribution in [3.8, 4) is 17.0 Å². The van der Waals surface area contributed by atoms with Gasteiger partial charge in [0.2, 0.25) is 0 Å². The smallest absolute Gasteiger partial charge is 0.190 e. The number of pyridine rings is 1. The molecule has 0 spiro atoms. The van der Waals surface area contributed by atoms with Gasteiger partial charge in [-0.05, 0) is 37.5 Å². The molecule has 0 atom stereocenters. The van der Waals surface area contributed by atoms with Gasteiger partial charge in [-0.1, -0.05) is 44.2 Å². The molecule has 0 radical (unpaired) electrons. The third-order valence-electron chi connectivity index (χ3n) is 4.45. The van der Waals surface area contributed by atoms with Crippen molar-refractivity contribution in [1.29, 1.82) is 0 Å². The molecule has 0 fully saturated rings. The van der Waals surface area contributed by atoms with Crippen molar-refractivity contribution in [1.82, 2.24) is 4.57 Å². The third-order valence-corrected chi connectivity index (χ3v) is 4.45. The Balaban J connectivity index is 2.22. The minimum atomic E-state index is 0.0473. The summed E-state index contributed by atoms with van der Waals surface area (Å²) in [6, 6.07) is 15.8. The lowest BCUT2D eigenvalue weighted by molar-refractivity contribution is 0.270. The van der Waals surface area contributed by atoms with Crippen LogP contribution in [0.5, 0.6) is 5.75 Å². The van der Waals surface area contributed by atoms with Crippen molar-refractivity contribution >= 4 is 10.9 Å². The van der Waals surface area contributed by atoms with E-state index in [2.05, 4.69) is 25.3 Å². The Labute approximate surface area is 148 Å². The number of fused-ring (bicyclic) bond motifs is 1. The fourth-order valence-electron chi connectivity index (χ4n) is 3.22. The lowest BCUT2D eigenvalue weighted by Gasteiger charge is -2.18. The molecule has 2 aromatic carbocycles. The fourth-order valence-corrected chi connectivity index (χ4v) is 3.22. The molecule has 0 aliphatic heterocycles. The van der Waals surface area contributed by atoms with Gasteiger partial charge in [-0.2, -0.15) is 0 Å². The minimum Gasteiger partial charge on any atom is -0.493 e. The highest BCUT2D eigenvalue weighted by molar-refractivity contribution is 5.87. The number of benzene rings is 2. The first-order valence-electron chi connectivity index (χ1n) is 8.88. The topological polar surface area (TPSA) is 31.2 Å². The van der Waals surface area contributed by atoms with E-state index in [0.717, 1.165) is 40.0 Å². The summed E-state index contributed by atoms with van der Waals surface area (Å²) in [5, 5.41) is 0.753. The van der Waals surface area contributed by atoms with Crippen molar-refractivity contribution < 1.29 is 4.74 Å². The molecule has 3 aromatic rings. The van der Waals surface area contributed by atoms with Crippen LogP contribution in [-0.2, 0) is 6.54 Å². The summed E-state index contributed by atoms with van der Waals surface area (Å²) in [7, 11) is 0. The molecule has 0 unspecified atom stereocenters. The van der Waals surface area contributed by atoms with Crippen LogP contribution >= 0.6 is 0 Å². The van der Waals surface area contributed by atoms with Gasteiger partial charge in [0.15, 0.2) is 5.43 Å². The molecule has 130 valence electrons. The summed E-state index contributed by atoms with van der Waals surface area (Å²) >= 11 is 0. The van der Waals surface area contributed by atoms with Crippen LogP contribution in [0.15, 0.2) is 53.3 Å². The van der Waals surface area contributed by atoms with Gasteiger partial charge in [-0.15, -0.1) is 0 Å². The maximum atomic E-state index is 12.9. The molecule has 0 aliphatic carbocycles. The Morgan fingerprint density at radius 2 is 1.80 bits per heavy atom. The number of ether oxygens (including phenoxy) is 1. The number of hydrogen-bond acceptors (Lipinski definition) is 2. The summed E-state index contributed by atoms with van der Waals surface area (Å²) in [6.07, 6.45) is 0. The zero-order valence-electron chi connectivity index (χ0n) is 15.4. The molecule has 3 rings (SSSR count). The van der Waals surface area contributed by atoms with E-state index in [-0.39, 0.29) is 5.43 Å². The molecular formula is C22H25NO2. The highest BCUT2D eigenvalue weighted by Gasteiger charge is 2.14. The van der Waals surface area contributed by atoms with Crippen molar-refractivity contribution in [3.63, 3.8) is 0 Å². The first-order valence-corrected chi connectivity index (χ1v) is 8.88. The Morgan fingerprint density at radius 1 is 1.08 bits per heavy atom. The zero-order chi connectivity index (χ0) is 18.0. The van der Waals surface area contributed by atoms with Gasteiger partial charge in [0.05, 0.1) is 23.2 Å². The summed E-state index contributed by atoms with van der Waals surface area (Å²) in [6.45, 7) is 9.76. The SMILES string of the molecule is CCn1c(-c2ccccc2)cc(=O)c2c(C)c(OCC(C)C)ccc21. The first kappa shape index (κ1) is 17.3. The molecule has 0 aliphatic rings. The summed E-state index contributed by atoms with van der Waals surface area (Å²) in [5.41, 5.74) is 3.94. The largest absolute Gasteiger partial charge is 0.493 e. The summed E-state index contributed by atoms with van der Waals surface area (Å²) < 4.78 is 8.10. The number of hydrogen-bond donors (Lipinski definition) is 0. The van der Waals surface area contributed by atoms with Crippen LogP contribution in [0.3, 0.4) is 0 Å². The Morgan fingerprint density at radius 3 is 2.44 bits per heavy atom. The lowest BCUT2D eigenvalue weighted by atomic mass is 10.0. The van der Waals surface area contributed by atoms with E-state index >= 15 is 0 Å². The maximum absolute atomic E-state index is 12.9. The number of aryl methyl sites for hydroxylation is 2. The van der Waals surface area contributed by atoms with E-state index in [4.69, 9.17) is 4.74 Å². The van der Waals surface area contributed by atoms with Crippen molar-refractivity contribution in [2.24, 2.45) is 5.92 Å². The normalized spacial score (nSPS) is 11.2. The van der Waals surface area contributed by atoms with E-state index < -0.39 is 0 Å². The van der Waals surface area contributed by atoms with E-state index in [1.165, 1.54) is 0 Å². The average Bonchev–Trinajstić information content (AvgIpc) is 2.61. The standard InChI is InChI=1S/C22H25NO2/c1-5-23-18-11-12-21(25-14-15(2)3)16(4)22(18)20(24)13-19(23)17-9-7-6-8-10-17/h6-13,15H,5,14H2,1-4H3. The zero-order valence-corrected chi connectivity index (χ0v) is 15.4. The molecule has 0 saturated heterocycles. The second kappa shape index (κ2) is 7.14. The molecule has 3 heteroatoms. The van der Waals surface area contributed by atoms with Gasteiger partial charge in [0.25, 0.3) is 0 Å². The van der Waals surface area contributed by atoms with Crippen LogP contribution in [-0.4, -0.2) is 11.2 Å². The molecule has 0 bridgehead atoms. The van der Waals surface area contributed by atoms with Crippen molar-refractivity contribution in [2.75, 3.05) is 6.61 Å². The van der Waals surface area contributed by atoms with E-state index in [1.54, 1.807) is 6.07 Å². The number of nitrogens with zero attached hydrogens (tertiary/aromatic N) is 1. The van der Waals surface area contributed by atoms with E-state index in [9.17, 15) is 4.79 Å². The van der Waals surface area contributed by atoms with Crippen LogP contribution in [0.4, 0.5) is 0 Å². The molecular weight excluding hydrogens is 310 g/mol. The highest BCUT2D eigenvalue weighted by atomic mass is 16.5. The second-order valence-electron chi connectivity index (χ2n) is 6.79. The van der Waals surface area contributed by atoms with Crippen molar-refractivity contribution in [2.45, 2.75) is 34.2 Å². The van der Waals surface area contributed by atoms with Gasteiger partial charge in [-0.3, -0.25) is 4.79 Å². The van der Waals surface area contributed by atoms with Crippen LogP contribution in [0.2, 0.25) is 0 Å². The van der Waals surface area contributed by atoms with E-state index in [0.29, 0.717) is 12.5 Å². The first-order chi connectivity index (χ1) is 12.0. The molecule has 0 N–H and O–H groups in total. The van der Waals surface area contributed by atoms with Crippen LogP contribution in [0.25, 0.3) is 22.2 Å². The molecule has 0 amide bonds. The summed E-state index contributed by atoms with van der Waals surface area (Å²) in [4.78, 5) is 12.9. The second-order valence-corrected chi connectivity index (χ2v) is 6.79. The lowest BCUT2D eigenvalue weighted by Crippen LogP contribution is -2.13. The predicted molar refractivity (Wildman–Crippen MR) is 104 cm³/mol. The van der Waals surface area contributed by atoms with Crippen LogP contribution < -0.4 is 10.2 Å². The molecule has 1 heterocycles. The highest BCUT2D eigenvalue weighted by Crippen LogP contribution is 2.29. The van der Waals surface area contributed by atoms with Gasteiger partial charge in [0, 0.05) is 18.2 Å². The van der Waals surface area contributed by atoms with Gasteiger partial charge in [0.1, 0.15) is 5.75 Å². The molecule has 3 nitrogen and oxygen atoms in total. The maximum Gasteiger partial charge on any atom is 0.190 e. The molecule has 0 saturated carbocycles. The minimum absolute atomic E-state index is 0.0473. The van der Waals surface area contributed by atoms with Gasteiger partial charge in [-0.25, -0.2) is 0 Å². The van der Waals surface area contributed by atoms with Crippen LogP contribution in [0.1, 0.15) is 26.3 Å². The number of rotatable bonds is 5. The van der Waals surface area contributed by atoms with Gasteiger partial charge < -0.3 is 9.30 Å². The summed E-state index contributed by atoms with van der Waals surface area (Å²) in [5.74, 6) is 1.25. The Bertz CT molecular complexity index is 940. The predicted octanol–water partition coefficient (Wildman–Crippen LogP) is 5.03. The number of aromatic nitrogens is 1. The third kappa shape index (κ3) is 3.32. The van der Waals surface area contributed by atoms with E-state index in [1.807, 2.05) is 49.4 Å². The molecule has 1 aromatic heterocycles. The Hall–Kier alpha value is -2.55. The van der Waals surface area contributed by atoms with Crippen molar-refractivity contribution in [3.05, 3.63) is 64.3 Å². The fraction of sp³-hybridized carbons (Fsp3) is 0.318. The van der Waals surface area contributed by atoms with Crippen LogP contribution in [0, 0.1) is 12.8 Å². The quantitative estimate of drug-likeness (QED) is 0.655. The average molecular weight is 335 g/mol. The molecule has 25 heavy (non-hydrogen) atoms. The Kier molecular flexibility index (Phi) is 4.93. The van der Waals surface area contributed by atoms with Gasteiger partial charge >= 0.3 is 0 Å².